The molecule has 1 heterocycles. The van der Waals surface area contributed by atoms with Gasteiger partial charge in [0.15, 0.2) is 0 Å². The van der Waals surface area contributed by atoms with Crippen LogP contribution in [0.4, 0.5) is 0 Å². The second-order valence-electron chi connectivity index (χ2n) is 5.28. The Labute approximate surface area is 111 Å². The Kier molecular flexibility index (Phi) is 3.64. The average molecular weight is 260 g/mol. The van der Waals surface area contributed by atoms with Gasteiger partial charge in [-0.3, -0.25) is 4.79 Å². The Balaban J connectivity index is 2.12. The molecule has 0 spiro atoms. The number of hydrogen-bond acceptors (Lipinski definition) is 4. The van der Waals surface area contributed by atoms with Crippen molar-refractivity contribution in [3.63, 3.8) is 0 Å². The summed E-state index contributed by atoms with van der Waals surface area (Å²) in [5.41, 5.74) is 0.448. The monoisotopic (exact) mass is 260 g/mol. The normalized spacial score (nSPS) is 11.5. The van der Waals surface area contributed by atoms with E-state index in [1.165, 1.54) is 0 Å². The zero-order chi connectivity index (χ0) is 13.9. The van der Waals surface area contributed by atoms with Crippen molar-refractivity contribution >= 4 is 5.97 Å². The molecule has 2 aromatic rings. The van der Waals surface area contributed by atoms with E-state index in [9.17, 15) is 4.79 Å². The Hall–Kier alpha value is -2.17. The molecular weight excluding hydrogens is 244 g/mol. The van der Waals surface area contributed by atoms with Crippen LogP contribution in [0.1, 0.15) is 26.2 Å². The van der Waals surface area contributed by atoms with Crippen LogP contribution in [0.25, 0.3) is 11.5 Å². The van der Waals surface area contributed by atoms with Crippen molar-refractivity contribution in [3.8, 4) is 11.5 Å². The van der Waals surface area contributed by atoms with Gasteiger partial charge in [0.1, 0.15) is 0 Å². The topological polar surface area (TPSA) is 76.2 Å². The van der Waals surface area contributed by atoms with Crippen LogP contribution in [-0.2, 0) is 11.2 Å². The Morgan fingerprint density at radius 2 is 1.95 bits per heavy atom. The maximum absolute atomic E-state index is 10.8. The summed E-state index contributed by atoms with van der Waals surface area (Å²) in [5.74, 6) is 0.0969. The zero-order valence-electron chi connectivity index (χ0n) is 11.0. The first-order valence-corrected chi connectivity index (χ1v) is 6.06. The summed E-state index contributed by atoms with van der Waals surface area (Å²) in [5, 5.41) is 16.8. The molecule has 0 radical (unpaired) electrons. The van der Waals surface area contributed by atoms with Gasteiger partial charge in [0.25, 0.3) is 0 Å². The zero-order valence-corrected chi connectivity index (χ0v) is 11.0. The second-order valence-corrected chi connectivity index (χ2v) is 5.28. The van der Waals surface area contributed by atoms with Gasteiger partial charge < -0.3 is 9.52 Å². The number of carboxylic acids is 1. The van der Waals surface area contributed by atoms with Crippen molar-refractivity contribution in [1.82, 2.24) is 10.2 Å². The first kappa shape index (κ1) is 13.3. The number of rotatable bonds is 5. The highest BCUT2D eigenvalue weighted by atomic mass is 16.4. The number of carbonyl (C=O) groups is 1. The average Bonchev–Trinajstić information content (AvgIpc) is 2.76. The van der Waals surface area contributed by atoms with Crippen LogP contribution in [0, 0.1) is 5.41 Å². The van der Waals surface area contributed by atoms with Crippen LogP contribution in [0.15, 0.2) is 34.7 Å². The Bertz CT molecular complexity index is 561. The number of benzene rings is 1. The predicted octanol–water partition coefficient (Wildman–Crippen LogP) is 2.78. The second kappa shape index (κ2) is 5.22. The smallest absolute Gasteiger partial charge is 0.303 e. The van der Waals surface area contributed by atoms with E-state index in [-0.39, 0.29) is 6.42 Å². The van der Waals surface area contributed by atoms with E-state index in [0.717, 1.165) is 5.56 Å². The van der Waals surface area contributed by atoms with E-state index in [1.54, 1.807) is 0 Å². The maximum atomic E-state index is 10.8. The molecule has 19 heavy (non-hydrogen) atoms. The molecule has 0 aliphatic carbocycles. The third kappa shape index (κ3) is 3.64. The van der Waals surface area contributed by atoms with Crippen molar-refractivity contribution in [2.45, 2.75) is 26.7 Å². The van der Waals surface area contributed by atoms with Crippen molar-refractivity contribution in [3.05, 3.63) is 36.2 Å². The van der Waals surface area contributed by atoms with Crippen molar-refractivity contribution < 1.29 is 14.3 Å². The molecule has 0 bridgehead atoms. The van der Waals surface area contributed by atoms with Gasteiger partial charge in [-0.2, -0.15) is 0 Å². The number of aliphatic carboxylic acids is 1. The van der Waals surface area contributed by atoms with Crippen LogP contribution >= 0.6 is 0 Å². The van der Waals surface area contributed by atoms with Gasteiger partial charge in [-0.15, -0.1) is 10.2 Å². The van der Waals surface area contributed by atoms with Gasteiger partial charge in [0.2, 0.25) is 11.8 Å². The summed E-state index contributed by atoms with van der Waals surface area (Å²) in [6.45, 7) is 3.74. The van der Waals surface area contributed by atoms with E-state index >= 15 is 0 Å². The first-order chi connectivity index (χ1) is 8.96. The highest BCUT2D eigenvalue weighted by Gasteiger charge is 2.25. The highest BCUT2D eigenvalue weighted by Crippen LogP contribution is 2.26. The summed E-state index contributed by atoms with van der Waals surface area (Å²) >= 11 is 0. The van der Waals surface area contributed by atoms with Gasteiger partial charge >= 0.3 is 5.97 Å². The van der Waals surface area contributed by atoms with E-state index < -0.39 is 11.4 Å². The van der Waals surface area contributed by atoms with Crippen LogP contribution in [0.5, 0.6) is 0 Å². The van der Waals surface area contributed by atoms with Crippen LogP contribution in [0.3, 0.4) is 0 Å². The van der Waals surface area contributed by atoms with Crippen molar-refractivity contribution in [2.24, 2.45) is 5.41 Å². The molecule has 0 atom stereocenters. The number of nitrogens with zero attached hydrogens (tertiary/aromatic N) is 2. The number of aromatic nitrogens is 2. The summed E-state index contributed by atoms with van der Waals surface area (Å²) in [6, 6.07) is 9.48. The lowest BCUT2D eigenvalue weighted by Crippen LogP contribution is -2.19. The minimum absolute atomic E-state index is 0.0655. The van der Waals surface area contributed by atoms with Crippen LogP contribution < -0.4 is 0 Å². The molecule has 0 aliphatic rings. The van der Waals surface area contributed by atoms with Crippen LogP contribution in [0.2, 0.25) is 0 Å². The fraction of sp³-hybridized carbons (Fsp3) is 0.357. The summed E-state index contributed by atoms with van der Waals surface area (Å²) in [6.07, 6.45) is 0.509. The molecule has 1 aromatic heterocycles. The minimum atomic E-state index is -0.826. The lowest BCUT2D eigenvalue weighted by atomic mass is 9.86. The third-order valence-electron chi connectivity index (χ3n) is 2.75. The molecule has 5 nitrogen and oxygen atoms in total. The molecule has 0 fully saturated rings. The van der Waals surface area contributed by atoms with E-state index in [1.807, 2.05) is 44.2 Å². The lowest BCUT2D eigenvalue weighted by Gasteiger charge is -2.19. The van der Waals surface area contributed by atoms with E-state index in [2.05, 4.69) is 10.2 Å². The predicted molar refractivity (Wildman–Crippen MR) is 69.5 cm³/mol. The highest BCUT2D eigenvalue weighted by molar-refractivity contribution is 5.67. The first-order valence-electron chi connectivity index (χ1n) is 6.06. The Morgan fingerprint density at radius 3 is 2.58 bits per heavy atom. The lowest BCUT2D eigenvalue weighted by molar-refractivity contribution is -0.139. The largest absolute Gasteiger partial charge is 0.481 e. The molecule has 0 unspecified atom stereocenters. The molecule has 1 aromatic carbocycles. The van der Waals surface area contributed by atoms with Gasteiger partial charge in [-0.1, -0.05) is 32.0 Å². The maximum Gasteiger partial charge on any atom is 0.303 e. The summed E-state index contributed by atoms with van der Waals surface area (Å²) in [4.78, 5) is 10.8. The standard InChI is InChI=1S/C14H16N2O3/c1-14(2,9-12(17)18)8-11-15-16-13(19-11)10-6-4-3-5-7-10/h3-7H,8-9H2,1-2H3,(H,17,18). The van der Waals surface area contributed by atoms with Crippen LogP contribution in [-0.4, -0.2) is 21.3 Å². The summed E-state index contributed by atoms with van der Waals surface area (Å²) in [7, 11) is 0. The molecule has 0 amide bonds. The third-order valence-corrected chi connectivity index (χ3v) is 2.75. The molecule has 1 N–H and O–H groups in total. The van der Waals surface area contributed by atoms with Crippen molar-refractivity contribution in [1.29, 1.82) is 0 Å². The fourth-order valence-corrected chi connectivity index (χ4v) is 1.90. The molecule has 100 valence electrons. The van der Waals surface area contributed by atoms with E-state index in [0.29, 0.717) is 18.2 Å². The molecule has 0 saturated heterocycles. The SMILES string of the molecule is CC(C)(CC(=O)O)Cc1nnc(-c2ccccc2)o1. The Morgan fingerprint density at radius 1 is 1.26 bits per heavy atom. The quantitative estimate of drug-likeness (QED) is 0.894. The number of carboxylic acid groups (broad SMARTS) is 1. The van der Waals surface area contributed by atoms with Gasteiger partial charge in [-0.05, 0) is 17.5 Å². The fourth-order valence-electron chi connectivity index (χ4n) is 1.90. The number of hydrogen-bond donors (Lipinski definition) is 1. The molecule has 0 aliphatic heterocycles. The minimum Gasteiger partial charge on any atom is -0.481 e. The van der Waals surface area contributed by atoms with E-state index in [4.69, 9.17) is 9.52 Å². The van der Waals surface area contributed by atoms with Gasteiger partial charge in [0, 0.05) is 12.0 Å². The molecule has 5 heteroatoms. The molecular formula is C14H16N2O3. The summed E-state index contributed by atoms with van der Waals surface area (Å²) < 4.78 is 5.57. The molecule has 2 rings (SSSR count). The van der Waals surface area contributed by atoms with Gasteiger partial charge in [-0.25, -0.2) is 0 Å². The van der Waals surface area contributed by atoms with Gasteiger partial charge in [0.05, 0.1) is 6.42 Å². The molecule has 0 saturated carbocycles. The van der Waals surface area contributed by atoms with Crippen molar-refractivity contribution in [2.75, 3.05) is 0 Å².